The van der Waals surface area contributed by atoms with Crippen molar-refractivity contribution in [3.8, 4) is 0 Å². The van der Waals surface area contributed by atoms with E-state index in [9.17, 15) is 0 Å². The minimum Gasteiger partial charge on any atom is -0.240 e. The van der Waals surface area contributed by atoms with E-state index in [2.05, 4.69) is 35.5 Å². The van der Waals surface area contributed by atoms with Crippen LogP contribution >= 0.6 is 22.9 Å². The minimum atomic E-state index is 0.0551. The summed E-state index contributed by atoms with van der Waals surface area (Å²) in [6.45, 7) is 9.96. The molecule has 0 heterocycles. The molecule has 0 aliphatic rings. The zero-order valence-corrected chi connectivity index (χ0v) is 9.29. The van der Waals surface area contributed by atoms with Crippen molar-refractivity contribution in [3.05, 3.63) is 12.7 Å². The average molecular weight is 264 g/mol. The monoisotopic (exact) mass is 264 g/mol. The maximum Gasteiger partial charge on any atom is 0.122 e. The van der Waals surface area contributed by atoms with E-state index in [1.165, 1.54) is 6.34 Å². The van der Waals surface area contributed by atoms with Gasteiger partial charge in [-0.15, -0.1) is 0 Å². The van der Waals surface area contributed by atoms with Gasteiger partial charge in [0.1, 0.15) is 6.34 Å². The van der Waals surface area contributed by atoms with Crippen LogP contribution in [0, 0.1) is 5.41 Å². The van der Waals surface area contributed by atoms with Crippen molar-refractivity contribution in [1.29, 1.82) is 0 Å². The Morgan fingerprint density at radius 2 is 2.00 bits per heavy atom. The molecule has 0 spiro atoms. The highest BCUT2D eigenvalue weighted by Gasteiger charge is 2.14. The van der Waals surface area contributed by atoms with Crippen LogP contribution < -0.4 is 0 Å². The molecule has 0 fully saturated rings. The van der Waals surface area contributed by atoms with Crippen LogP contribution in [0.25, 0.3) is 0 Å². The van der Waals surface area contributed by atoms with Crippen molar-refractivity contribution in [2.45, 2.75) is 20.8 Å². The van der Waals surface area contributed by atoms with Crippen molar-refractivity contribution >= 4 is 34.9 Å². The third kappa shape index (κ3) is 4.29. The fraction of sp³-hybridized carbons (Fsp3) is 0.500. The molecule has 0 aliphatic carbocycles. The highest BCUT2D eigenvalue weighted by atomic mass is 127. The highest BCUT2D eigenvalue weighted by Crippen LogP contribution is 2.16. The van der Waals surface area contributed by atoms with Crippen LogP contribution in [0.15, 0.2) is 20.9 Å². The summed E-state index contributed by atoms with van der Waals surface area (Å²) in [5.41, 5.74) is 1.01. The summed E-state index contributed by atoms with van der Waals surface area (Å²) in [7, 11) is 0. The summed E-state index contributed by atoms with van der Waals surface area (Å²) in [6.07, 6.45) is 3.29. The molecule has 0 N–H and O–H groups in total. The zero-order chi connectivity index (χ0) is 8.91. The van der Waals surface area contributed by atoms with Gasteiger partial charge in [-0.05, 0) is 6.08 Å². The SMILES string of the molecule is C=C/C(=N\C=N/I)C(C)(C)C. The van der Waals surface area contributed by atoms with E-state index in [1.807, 2.05) is 22.9 Å². The van der Waals surface area contributed by atoms with E-state index in [4.69, 9.17) is 0 Å². The van der Waals surface area contributed by atoms with Crippen LogP contribution in [0.4, 0.5) is 0 Å². The lowest BCUT2D eigenvalue weighted by Crippen LogP contribution is -2.17. The summed E-state index contributed by atoms with van der Waals surface area (Å²) in [5.74, 6) is 0. The quantitative estimate of drug-likeness (QED) is 0.416. The van der Waals surface area contributed by atoms with E-state index in [-0.39, 0.29) is 5.41 Å². The molecule has 0 saturated carbocycles. The van der Waals surface area contributed by atoms with Crippen molar-refractivity contribution in [2.75, 3.05) is 0 Å². The van der Waals surface area contributed by atoms with Crippen molar-refractivity contribution < 1.29 is 0 Å². The molecule has 11 heavy (non-hydrogen) atoms. The molecule has 3 heteroatoms. The van der Waals surface area contributed by atoms with Gasteiger partial charge >= 0.3 is 0 Å². The second-order valence-electron chi connectivity index (χ2n) is 3.18. The van der Waals surface area contributed by atoms with Gasteiger partial charge in [0.2, 0.25) is 0 Å². The van der Waals surface area contributed by atoms with Crippen LogP contribution in [0.1, 0.15) is 20.8 Å². The average Bonchev–Trinajstić information content (AvgIpc) is 1.87. The standard InChI is InChI=1S/C8H13IN2/c1-5-7(8(2,3)4)10-6-11-9/h5-6H,1H2,2-4H3/b10-7+,11-6-. The van der Waals surface area contributed by atoms with Crippen molar-refractivity contribution in [1.82, 2.24) is 0 Å². The molecule has 0 unspecified atom stereocenters. The highest BCUT2D eigenvalue weighted by molar-refractivity contribution is 14.1. The van der Waals surface area contributed by atoms with Crippen molar-refractivity contribution in [3.63, 3.8) is 0 Å². The normalized spacial score (nSPS) is 14.0. The lowest BCUT2D eigenvalue weighted by molar-refractivity contribution is 0.595. The summed E-state index contributed by atoms with van der Waals surface area (Å²) in [4.78, 5) is 4.13. The second kappa shape index (κ2) is 4.64. The van der Waals surface area contributed by atoms with Gasteiger partial charge in [-0.1, -0.05) is 27.4 Å². The number of nitrogens with zero attached hydrogens (tertiary/aromatic N) is 2. The number of hydrogen-bond donors (Lipinski definition) is 0. The van der Waals surface area contributed by atoms with Crippen LogP contribution in [0.5, 0.6) is 0 Å². The Labute approximate surface area is 82.0 Å². The lowest BCUT2D eigenvalue weighted by Gasteiger charge is -2.17. The molecular formula is C8H13IN2. The largest absolute Gasteiger partial charge is 0.240 e. The molecule has 0 amide bonds. The van der Waals surface area contributed by atoms with Gasteiger partial charge in [0.15, 0.2) is 0 Å². The Morgan fingerprint density at radius 3 is 2.27 bits per heavy atom. The van der Waals surface area contributed by atoms with Gasteiger partial charge in [-0.3, -0.25) is 0 Å². The fourth-order valence-corrected chi connectivity index (χ4v) is 0.761. The van der Waals surface area contributed by atoms with Gasteiger partial charge < -0.3 is 0 Å². The van der Waals surface area contributed by atoms with Gasteiger partial charge in [0.05, 0.1) is 22.9 Å². The van der Waals surface area contributed by atoms with E-state index >= 15 is 0 Å². The molecular weight excluding hydrogens is 251 g/mol. The summed E-state index contributed by atoms with van der Waals surface area (Å²) < 4.78 is 3.75. The fourth-order valence-electron chi connectivity index (χ4n) is 0.637. The Kier molecular flexibility index (Phi) is 4.56. The van der Waals surface area contributed by atoms with E-state index < -0.39 is 0 Å². The molecule has 2 nitrogen and oxygen atoms in total. The van der Waals surface area contributed by atoms with E-state index in [0.717, 1.165) is 5.71 Å². The number of hydrogen-bond acceptors (Lipinski definition) is 1. The number of halogens is 1. The van der Waals surface area contributed by atoms with Crippen LogP contribution in [-0.2, 0) is 0 Å². The molecule has 0 bridgehead atoms. The van der Waals surface area contributed by atoms with Crippen molar-refractivity contribution in [2.24, 2.45) is 13.6 Å². The Bertz CT molecular complexity index is 187. The Hall–Kier alpha value is -0.190. The second-order valence-corrected chi connectivity index (χ2v) is 3.74. The first kappa shape index (κ1) is 10.8. The van der Waals surface area contributed by atoms with Gasteiger partial charge in [-0.2, -0.15) is 0 Å². The molecule has 0 saturated heterocycles. The Morgan fingerprint density at radius 1 is 1.45 bits per heavy atom. The maximum absolute atomic E-state index is 4.13. The zero-order valence-electron chi connectivity index (χ0n) is 7.13. The topological polar surface area (TPSA) is 24.7 Å². The third-order valence-corrected chi connectivity index (χ3v) is 1.45. The van der Waals surface area contributed by atoms with Crippen LogP contribution in [0.2, 0.25) is 0 Å². The first-order chi connectivity index (χ1) is 5.02. The first-order valence-corrected chi connectivity index (χ1v) is 4.32. The first-order valence-electron chi connectivity index (χ1n) is 3.36. The smallest absolute Gasteiger partial charge is 0.122 e. The molecule has 0 rings (SSSR count). The van der Waals surface area contributed by atoms with Gasteiger partial charge in [0.25, 0.3) is 0 Å². The number of allylic oxidation sites excluding steroid dienone is 1. The number of rotatable bonds is 2. The molecule has 0 aliphatic heterocycles. The molecule has 62 valence electrons. The molecule has 0 aromatic carbocycles. The third-order valence-electron chi connectivity index (χ3n) is 1.20. The van der Waals surface area contributed by atoms with Crippen LogP contribution in [0.3, 0.4) is 0 Å². The maximum atomic E-state index is 4.13. The summed E-state index contributed by atoms with van der Waals surface area (Å²) in [5, 5.41) is 0. The predicted octanol–water partition coefficient (Wildman–Crippen LogP) is 3.04. The van der Waals surface area contributed by atoms with Crippen LogP contribution in [-0.4, -0.2) is 12.1 Å². The molecule has 0 aromatic rings. The summed E-state index contributed by atoms with van der Waals surface area (Å²) >= 11 is 1.89. The lowest BCUT2D eigenvalue weighted by atomic mass is 9.90. The van der Waals surface area contributed by atoms with E-state index in [0.29, 0.717) is 0 Å². The minimum absolute atomic E-state index is 0.0551. The Balaban J connectivity index is 4.53. The van der Waals surface area contributed by atoms with Gasteiger partial charge in [0, 0.05) is 11.1 Å². The number of aliphatic imine (C=N–C) groups is 1. The molecule has 0 radical (unpaired) electrons. The summed E-state index contributed by atoms with van der Waals surface area (Å²) in [6, 6.07) is 0. The van der Waals surface area contributed by atoms with Gasteiger partial charge in [-0.25, -0.2) is 8.20 Å². The predicted molar refractivity (Wildman–Crippen MR) is 59.6 cm³/mol. The molecule has 0 atom stereocenters. The van der Waals surface area contributed by atoms with E-state index in [1.54, 1.807) is 6.08 Å². The molecule has 0 aromatic heterocycles.